The first-order chi connectivity index (χ1) is 17.7. The maximum atomic E-state index is 12.4. The number of nitrogens with zero attached hydrogens (tertiary/aromatic N) is 2. The van der Waals surface area contributed by atoms with Gasteiger partial charge in [-0.3, -0.25) is 34.2 Å². The van der Waals surface area contributed by atoms with Crippen molar-refractivity contribution >= 4 is 35.2 Å². The van der Waals surface area contributed by atoms with E-state index in [0.29, 0.717) is 12.8 Å². The summed E-state index contributed by atoms with van der Waals surface area (Å²) in [6.45, 7) is -0.621. The number of ketones is 1. The number of nitro groups is 1. The smallest absolute Gasteiger partial charge is 0.343 e. The van der Waals surface area contributed by atoms with Gasteiger partial charge in [-0.15, -0.1) is 0 Å². The van der Waals surface area contributed by atoms with Crippen LogP contribution in [-0.2, 0) is 19.1 Å². The third-order valence-corrected chi connectivity index (χ3v) is 6.20. The number of esters is 2. The third kappa shape index (κ3) is 5.77. The zero-order valence-corrected chi connectivity index (χ0v) is 19.5. The van der Waals surface area contributed by atoms with E-state index in [1.807, 2.05) is 12.2 Å². The van der Waals surface area contributed by atoms with E-state index >= 15 is 0 Å². The molecular weight excluding hydrogens is 484 g/mol. The normalized spacial score (nSPS) is 18.3. The summed E-state index contributed by atoms with van der Waals surface area (Å²) >= 11 is 0. The molecule has 11 nitrogen and oxygen atoms in total. The van der Waals surface area contributed by atoms with Gasteiger partial charge in [0.2, 0.25) is 11.8 Å². The Kier molecular flexibility index (Phi) is 7.52. The van der Waals surface area contributed by atoms with Crippen molar-refractivity contribution in [1.82, 2.24) is 4.90 Å². The van der Waals surface area contributed by atoms with Gasteiger partial charge < -0.3 is 9.47 Å². The molecule has 2 aliphatic rings. The van der Waals surface area contributed by atoms with Gasteiger partial charge in [0.25, 0.3) is 5.69 Å². The Hall–Kier alpha value is -4.67. The Labute approximate surface area is 210 Å². The van der Waals surface area contributed by atoms with Gasteiger partial charge in [-0.1, -0.05) is 12.2 Å². The van der Waals surface area contributed by atoms with Crippen LogP contribution in [0.2, 0.25) is 0 Å². The Morgan fingerprint density at radius 1 is 0.892 bits per heavy atom. The van der Waals surface area contributed by atoms with Crippen molar-refractivity contribution < 1.29 is 38.4 Å². The average molecular weight is 506 g/mol. The summed E-state index contributed by atoms with van der Waals surface area (Å²) in [4.78, 5) is 72.8. The largest absolute Gasteiger partial charge is 0.457 e. The van der Waals surface area contributed by atoms with Crippen LogP contribution in [0, 0.1) is 22.0 Å². The van der Waals surface area contributed by atoms with Crippen molar-refractivity contribution in [2.45, 2.75) is 19.3 Å². The fourth-order valence-electron chi connectivity index (χ4n) is 4.19. The maximum absolute atomic E-state index is 12.4. The van der Waals surface area contributed by atoms with Gasteiger partial charge in [-0.25, -0.2) is 4.79 Å². The highest BCUT2D eigenvalue weighted by Crippen LogP contribution is 2.35. The zero-order chi connectivity index (χ0) is 26.5. The molecule has 2 amide bonds. The SMILES string of the molecule is O=C(CCN1C(=O)C2CC=CCC2C1=O)OCC(=O)c1ccc(OC(=O)c2ccc([N+](=O)[O-])cc2)cc1. The standard InChI is InChI=1S/C26H22N2O9/c29-22(15-36-23(30)13-14-27-24(31)20-3-1-2-4-21(20)25(27)32)16-7-11-19(12-8-16)37-26(33)17-5-9-18(10-6-17)28(34)35/h1-2,5-12,20-21H,3-4,13-15H2. The monoisotopic (exact) mass is 506 g/mol. The number of non-ortho nitro benzene ring substituents is 1. The molecular formula is C26H22N2O9. The van der Waals surface area contributed by atoms with Crippen molar-refractivity contribution in [3.63, 3.8) is 0 Å². The van der Waals surface area contributed by atoms with Crippen LogP contribution in [0.3, 0.4) is 0 Å². The Bertz CT molecular complexity index is 1260. The number of hydrogen-bond donors (Lipinski definition) is 0. The second-order valence-electron chi connectivity index (χ2n) is 8.54. The first-order valence-corrected chi connectivity index (χ1v) is 11.5. The lowest BCUT2D eigenvalue weighted by Crippen LogP contribution is -2.33. The minimum atomic E-state index is -0.728. The molecule has 11 heteroatoms. The van der Waals surface area contributed by atoms with Gasteiger partial charge in [-0.05, 0) is 49.2 Å². The highest BCUT2D eigenvalue weighted by molar-refractivity contribution is 6.05. The summed E-state index contributed by atoms with van der Waals surface area (Å²) in [7, 11) is 0. The number of hydrogen-bond acceptors (Lipinski definition) is 9. The van der Waals surface area contributed by atoms with Crippen molar-refractivity contribution in [1.29, 1.82) is 0 Å². The number of allylic oxidation sites excluding steroid dienone is 2. The fraction of sp³-hybridized carbons (Fsp3) is 0.269. The second kappa shape index (κ2) is 10.9. The minimum absolute atomic E-state index is 0.0908. The van der Waals surface area contributed by atoms with Crippen LogP contribution < -0.4 is 4.74 Å². The molecule has 1 aliphatic heterocycles. The molecule has 2 aromatic rings. The average Bonchev–Trinajstić information content (AvgIpc) is 3.15. The maximum Gasteiger partial charge on any atom is 0.343 e. The number of imide groups is 1. The summed E-state index contributed by atoms with van der Waals surface area (Å²) in [5, 5.41) is 10.7. The Balaban J connectivity index is 1.23. The lowest BCUT2D eigenvalue weighted by atomic mass is 9.85. The van der Waals surface area contributed by atoms with Crippen LogP contribution in [0.15, 0.2) is 60.7 Å². The van der Waals surface area contributed by atoms with E-state index in [9.17, 15) is 34.1 Å². The number of likely N-dealkylation sites (tertiary alicyclic amines) is 1. The molecule has 1 aliphatic carbocycles. The molecule has 0 saturated carbocycles. The molecule has 1 fully saturated rings. The number of rotatable bonds is 9. The predicted octanol–water partition coefficient (Wildman–Crippen LogP) is 2.88. The molecule has 1 heterocycles. The lowest BCUT2D eigenvalue weighted by molar-refractivity contribution is -0.384. The molecule has 0 N–H and O–H groups in total. The molecule has 0 aromatic heterocycles. The van der Waals surface area contributed by atoms with Gasteiger partial charge >= 0.3 is 11.9 Å². The van der Waals surface area contributed by atoms with Crippen LogP contribution in [0.25, 0.3) is 0 Å². The minimum Gasteiger partial charge on any atom is -0.457 e. The van der Waals surface area contributed by atoms with Crippen molar-refractivity contribution in [3.8, 4) is 5.75 Å². The highest BCUT2D eigenvalue weighted by atomic mass is 16.6. The molecule has 0 bridgehead atoms. The van der Waals surface area contributed by atoms with E-state index in [0.717, 1.165) is 4.90 Å². The summed E-state index contributed by atoms with van der Waals surface area (Å²) in [6.07, 6.45) is 4.57. The van der Waals surface area contributed by atoms with E-state index in [-0.39, 0.29) is 59.2 Å². The first-order valence-electron chi connectivity index (χ1n) is 11.5. The highest BCUT2D eigenvalue weighted by Gasteiger charge is 2.46. The molecule has 1 saturated heterocycles. The second-order valence-corrected chi connectivity index (χ2v) is 8.54. The number of ether oxygens (including phenoxy) is 2. The topological polar surface area (TPSA) is 150 Å². The van der Waals surface area contributed by atoms with Crippen LogP contribution >= 0.6 is 0 Å². The number of benzene rings is 2. The summed E-state index contributed by atoms with van der Waals surface area (Å²) < 4.78 is 10.2. The van der Waals surface area contributed by atoms with Crippen molar-refractivity contribution in [2.24, 2.45) is 11.8 Å². The quantitative estimate of drug-likeness (QED) is 0.0951. The van der Waals surface area contributed by atoms with E-state index < -0.39 is 29.3 Å². The van der Waals surface area contributed by atoms with E-state index in [4.69, 9.17) is 9.47 Å². The molecule has 2 aromatic carbocycles. The number of carbonyl (C=O) groups excluding carboxylic acids is 5. The van der Waals surface area contributed by atoms with Gasteiger partial charge in [0.1, 0.15) is 5.75 Å². The number of carbonyl (C=O) groups is 5. The number of fused-ring (bicyclic) bond motifs is 1. The van der Waals surface area contributed by atoms with Crippen molar-refractivity contribution in [3.05, 3.63) is 81.9 Å². The molecule has 0 spiro atoms. The third-order valence-electron chi connectivity index (χ3n) is 6.20. The van der Waals surface area contributed by atoms with Gasteiger partial charge in [0.15, 0.2) is 12.4 Å². The summed E-state index contributed by atoms with van der Waals surface area (Å²) in [5.74, 6) is -3.09. The zero-order valence-electron chi connectivity index (χ0n) is 19.5. The molecule has 0 radical (unpaired) electrons. The number of nitro benzene ring substituents is 1. The number of Topliss-reactive ketones (excluding diaryl/α,β-unsaturated/α-hetero) is 1. The van der Waals surface area contributed by atoms with E-state index in [1.54, 1.807) is 0 Å². The van der Waals surface area contributed by atoms with Gasteiger partial charge in [0, 0.05) is 24.2 Å². The lowest BCUT2D eigenvalue weighted by Gasteiger charge is -2.14. The van der Waals surface area contributed by atoms with Gasteiger partial charge in [0.05, 0.1) is 28.7 Å². The Morgan fingerprint density at radius 2 is 1.46 bits per heavy atom. The van der Waals surface area contributed by atoms with E-state index in [2.05, 4.69) is 0 Å². The van der Waals surface area contributed by atoms with Crippen LogP contribution in [0.5, 0.6) is 5.75 Å². The van der Waals surface area contributed by atoms with Crippen LogP contribution in [0.1, 0.15) is 40.0 Å². The predicted molar refractivity (Wildman–Crippen MR) is 126 cm³/mol. The summed E-state index contributed by atoms with van der Waals surface area (Å²) in [5.41, 5.74) is 0.170. The first kappa shape index (κ1) is 25.4. The molecule has 4 rings (SSSR count). The van der Waals surface area contributed by atoms with Crippen molar-refractivity contribution in [2.75, 3.05) is 13.2 Å². The molecule has 2 unspecified atom stereocenters. The van der Waals surface area contributed by atoms with Crippen LogP contribution in [-0.4, -0.2) is 52.5 Å². The molecule has 2 atom stereocenters. The van der Waals surface area contributed by atoms with E-state index in [1.165, 1.54) is 48.5 Å². The van der Waals surface area contributed by atoms with Gasteiger partial charge in [-0.2, -0.15) is 0 Å². The fourth-order valence-corrected chi connectivity index (χ4v) is 4.19. The molecule has 37 heavy (non-hydrogen) atoms. The summed E-state index contributed by atoms with van der Waals surface area (Å²) in [6, 6.07) is 10.5. The molecule has 190 valence electrons. The van der Waals surface area contributed by atoms with Crippen LogP contribution in [0.4, 0.5) is 5.69 Å². The Morgan fingerprint density at radius 3 is 2.03 bits per heavy atom. The number of amides is 2.